The molecule has 0 aromatic carbocycles. The molecule has 1 rings (SSSR count). The second-order valence-electron chi connectivity index (χ2n) is 2.08. The number of nitrogen functional groups attached to an aromatic ring is 2. The molecule has 0 aliphatic rings. The predicted molar refractivity (Wildman–Crippen MR) is 37.2 cm³/mol. The van der Waals surface area contributed by atoms with Crippen molar-refractivity contribution in [2.75, 3.05) is 11.6 Å². The Balaban J connectivity index is 3.05. The molecule has 10 heavy (non-hydrogen) atoms. The van der Waals surface area contributed by atoms with Crippen molar-refractivity contribution in [3.8, 4) is 0 Å². The maximum Gasteiger partial charge on any atom is 0.240 e. The maximum atomic E-state index is 5.47. The third-order valence-corrected chi connectivity index (χ3v) is 1.16. The van der Waals surface area contributed by atoms with Gasteiger partial charge in [-0.1, -0.05) is 0 Å². The van der Waals surface area contributed by atoms with Crippen molar-refractivity contribution in [1.29, 1.82) is 0 Å². The molecule has 6 nitrogen and oxygen atoms in total. The molecule has 0 saturated carbocycles. The first-order chi connectivity index (χ1) is 4.63. The Kier molecular flexibility index (Phi) is 1.46. The van der Waals surface area contributed by atoms with Gasteiger partial charge in [0.1, 0.15) is 0 Å². The second-order valence-corrected chi connectivity index (χ2v) is 2.08. The largest absolute Gasteiger partial charge is 0.366 e. The lowest BCUT2D eigenvalue weighted by Crippen LogP contribution is -2.20. The van der Waals surface area contributed by atoms with Crippen LogP contribution in [0.2, 0.25) is 0 Å². The van der Waals surface area contributed by atoms with E-state index < -0.39 is 0 Å². The molecule has 6 N–H and O–H groups in total. The summed E-state index contributed by atoms with van der Waals surface area (Å²) in [7, 11) is 0. The molecule has 1 aromatic heterocycles. The molecule has 56 valence electrons. The molecular weight excluding hydrogens is 132 g/mol. The first-order valence-electron chi connectivity index (χ1n) is 2.84. The van der Waals surface area contributed by atoms with E-state index >= 15 is 0 Å². The Bertz CT molecular complexity index is 226. The fourth-order valence-corrected chi connectivity index (χ4v) is 0.627. The molecule has 1 aromatic rings. The van der Waals surface area contributed by atoms with Crippen molar-refractivity contribution in [1.82, 2.24) is 14.9 Å². The van der Waals surface area contributed by atoms with Crippen LogP contribution < -0.4 is 17.3 Å². The number of aromatic nitrogens is 3. The van der Waals surface area contributed by atoms with Gasteiger partial charge in [-0.25, -0.2) is 4.68 Å². The Labute approximate surface area is 58.0 Å². The highest BCUT2D eigenvalue weighted by atomic mass is 15.4. The van der Waals surface area contributed by atoms with Crippen molar-refractivity contribution in [3.05, 3.63) is 5.82 Å². The van der Waals surface area contributed by atoms with Gasteiger partial charge in [0.25, 0.3) is 0 Å². The second kappa shape index (κ2) is 2.14. The lowest BCUT2D eigenvalue weighted by molar-refractivity contribution is 0.704. The van der Waals surface area contributed by atoms with Gasteiger partial charge in [0, 0.05) is 0 Å². The van der Waals surface area contributed by atoms with Crippen LogP contribution in [0.1, 0.15) is 18.8 Å². The highest BCUT2D eigenvalue weighted by Gasteiger charge is 2.09. The summed E-state index contributed by atoms with van der Waals surface area (Å²) in [6.07, 6.45) is 0. The zero-order valence-corrected chi connectivity index (χ0v) is 5.65. The molecule has 6 heteroatoms. The predicted octanol–water partition coefficient (Wildman–Crippen LogP) is -1.41. The zero-order valence-electron chi connectivity index (χ0n) is 5.65. The van der Waals surface area contributed by atoms with Crippen molar-refractivity contribution < 1.29 is 0 Å². The number of anilines is 1. The van der Waals surface area contributed by atoms with Gasteiger partial charge in [0.2, 0.25) is 5.95 Å². The maximum absolute atomic E-state index is 5.47. The molecule has 0 radical (unpaired) electrons. The van der Waals surface area contributed by atoms with Crippen molar-refractivity contribution in [2.24, 2.45) is 5.73 Å². The van der Waals surface area contributed by atoms with Gasteiger partial charge >= 0.3 is 0 Å². The molecule has 0 spiro atoms. The molecule has 0 bridgehead atoms. The third kappa shape index (κ3) is 0.883. The fourth-order valence-electron chi connectivity index (χ4n) is 0.627. The first kappa shape index (κ1) is 6.81. The van der Waals surface area contributed by atoms with E-state index in [1.165, 1.54) is 4.68 Å². The fraction of sp³-hybridized carbons (Fsp3) is 0.500. The van der Waals surface area contributed by atoms with Crippen LogP contribution >= 0.6 is 0 Å². The van der Waals surface area contributed by atoms with Crippen LogP contribution in [-0.2, 0) is 0 Å². The molecule has 0 fully saturated rings. The highest BCUT2D eigenvalue weighted by molar-refractivity contribution is 5.18. The van der Waals surface area contributed by atoms with E-state index in [2.05, 4.69) is 10.2 Å². The summed E-state index contributed by atoms with van der Waals surface area (Å²) in [5, 5.41) is 7.18. The Morgan fingerprint density at radius 2 is 2.10 bits per heavy atom. The minimum Gasteiger partial charge on any atom is -0.366 e. The number of nitrogens with zero attached hydrogens (tertiary/aromatic N) is 3. The topological polar surface area (TPSA) is 109 Å². The Morgan fingerprint density at radius 3 is 2.30 bits per heavy atom. The van der Waals surface area contributed by atoms with Crippen LogP contribution in [0, 0.1) is 0 Å². The lowest BCUT2D eigenvalue weighted by Gasteiger charge is -2.02. The van der Waals surface area contributed by atoms with Gasteiger partial charge < -0.3 is 17.3 Å². The molecule has 1 heterocycles. The van der Waals surface area contributed by atoms with Gasteiger partial charge in [-0.3, -0.25) is 0 Å². The van der Waals surface area contributed by atoms with Crippen LogP contribution in [-0.4, -0.2) is 14.9 Å². The van der Waals surface area contributed by atoms with Gasteiger partial charge in [0.15, 0.2) is 5.82 Å². The number of hydrogen-bond donors (Lipinski definition) is 3. The SMILES string of the molecule is C[C@H](N)c1nnc(N)n1N. The summed E-state index contributed by atoms with van der Waals surface area (Å²) in [6, 6.07) is -0.241. The number of rotatable bonds is 1. The molecule has 1 atom stereocenters. The average Bonchev–Trinajstić information content (AvgIpc) is 2.14. The van der Waals surface area contributed by atoms with Crippen LogP contribution in [0.25, 0.3) is 0 Å². The Hall–Kier alpha value is -1.30. The van der Waals surface area contributed by atoms with Gasteiger partial charge in [-0.15, -0.1) is 10.2 Å². The normalized spacial score (nSPS) is 13.4. The molecular formula is C4H10N6. The van der Waals surface area contributed by atoms with Gasteiger partial charge in [0.05, 0.1) is 6.04 Å². The summed E-state index contributed by atoms with van der Waals surface area (Å²) in [4.78, 5) is 0. The van der Waals surface area contributed by atoms with E-state index in [0.717, 1.165) is 0 Å². The zero-order chi connectivity index (χ0) is 7.72. The minimum absolute atomic E-state index is 0.173. The van der Waals surface area contributed by atoms with Gasteiger partial charge in [-0.2, -0.15) is 0 Å². The van der Waals surface area contributed by atoms with E-state index in [1.807, 2.05) is 0 Å². The summed E-state index contributed by atoms with van der Waals surface area (Å²) in [6.45, 7) is 1.76. The third-order valence-electron chi connectivity index (χ3n) is 1.16. The standard InChI is InChI=1S/C4H10N6/c1-2(5)3-8-9-4(6)10(3)7/h2H,5,7H2,1H3,(H2,6,9)/t2-/m0/s1. The van der Waals surface area contributed by atoms with E-state index in [4.69, 9.17) is 17.3 Å². The van der Waals surface area contributed by atoms with E-state index in [0.29, 0.717) is 5.82 Å². The van der Waals surface area contributed by atoms with Crippen molar-refractivity contribution in [2.45, 2.75) is 13.0 Å². The molecule has 0 unspecified atom stereocenters. The summed E-state index contributed by atoms with van der Waals surface area (Å²) in [5.41, 5.74) is 10.8. The summed E-state index contributed by atoms with van der Waals surface area (Å²) < 4.78 is 1.17. The average molecular weight is 142 g/mol. The van der Waals surface area contributed by atoms with Crippen LogP contribution in [0.3, 0.4) is 0 Å². The molecule has 0 aliphatic carbocycles. The highest BCUT2D eigenvalue weighted by Crippen LogP contribution is 2.04. The van der Waals surface area contributed by atoms with E-state index in [1.54, 1.807) is 6.92 Å². The van der Waals surface area contributed by atoms with Crippen molar-refractivity contribution >= 4 is 5.95 Å². The number of hydrogen-bond acceptors (Lipinski definition) is 5. The molecule has 0 amide bonds. The molecule has 0 aliphatic heterocycles. The Morgan fingerprint density at radius 1 is 1.50 bits per heavy atom. The van der Waals surface area contributed by atoms with E-state index in [9.17, 15) is 0 Å². The molecule has 0 saturated heterocycles. The van der Waals surface area contributed by atoms with Crippen LogP contribution in [0.4, 0.5) is 5.95 Å². The monoisotopic (exact) mass is 142 g/mol. The summed E-state index contributed by atoms with van der Waals surface area (Å²) in [5.74, 6) is 6.05. The van der Waals surface area contributed by atoms with Gasteiger partial charge in [-0.05, 0) is 6.92 Å². The minimum atomic E-state index is -0.241. The quantitative estimate of drug-likeness (QED) is 0.417. The van der Waals surface area contributed by atoms with E-state index in [-0.39, 0.29) is 12.0 Å². The first-order valence-corrected chi connectivity index (χ1v) is 2.84. The van der Waals surface area contributed by atoms with Crippen LogP contribution in [0.15, 0.2) is 0 Å². The number of nitrogens with two attached hydrogens (primary N) is 3. The summed E-state index contributed by atoms with van der Waals surface area (Å²) >= 11 is 0. The van der Waals surface area contributed by atoms with Crippen LogP contribution in [0.5, 0.6) is 0 Å². The van der Waals surface area contributed by atoms with Crippen molar-refractivity contribution in [3.63, 3.8) is 0 Å². The lowest BCUT2D eigenvalue weighted by atomic mass is 10.3. The smallest absolute Gasteiger partial charge is 0.240 e.